The van der Waals surface area contributed by atoms with Crippen LogP contribution in [0.2, 0.25) is 0 Å². The molecular formula is C15H20N2O3. The Labute approximate surface area is 119 Å². The van der Waals surface area contributed by atoms with Crippen molar-refractivity contribution in [2.45, 2.75) is 32.9 Å². The summed E-state index contributed by atoms with van der Waals surface area (Å²) in [5.74, 6) is -0.249. The number of nitriles is 1. The fourth-order valence-corrected chi connectivity index (χ4v) is 1.93. The fourth-order valence-electron chi connectivity index (χ4n) is 1.93. The molecule has 1 rings (SSSR count). The van der Waals surface area contributed by atoms with Crippen LogP contribution in [0.1, 0.15) is 31.4 Å². The van der Waals surface area contributed by atoms with Crippen LogP contribution in [0.5, 0.6) is 5.75 Å². The molecule has 0 fully saturated rings. The Morgan fingerprint density at radius 3 is 2.70 bits per heavy atom. The Morgan fingerprint density at radius 2 is 2.20 bits per heavy atom. The monoisotopic (exact) mass is 276 g/mol. The van der Waals surface area contributed by atoms with E-state index in [-0.39, 0.29) is 12.5 Å². The third-order valence-electron chi connectivity index (χ3n) is 3.11. The second kappa shape index (κ2) is 7.51. The summed E-state index contributed by atoms with van der Waals surface area (Å²) in [5.41, 5.74) is 1.47. The molecule has 0 spiro atoms. The van der Waals surface area contributed by atoms with Gasteiger partial charge in [0.25, 0.3) is 0 Å². The Balaban J connectivity index is 2.83. The number of carboxylic acid groups (broad SMARTS) is 1. The zero-order valence-electron chi connectivity index (χ0n) is 12.1. The molecule has 20 heavy (non-hydrogen) atoms. The predicted molar refractivity (Wildman–Crippen MR) is 75.5 cm³/mol. The quantitative estimate of drug-likeness (QED) is 0.826. The number of nitrogens with zero attached hydrogens (tertiary/aromatic N) is 2. The molecule has 0 amide bonds. The lowest BCUT2D eigenvalue weighted by molar-refractivity contribution is -0.137. The number of aliphatic carboxylic acids is 1. The first-order chi connectivity index (χ1) is 9.47. The van der Waals surface area contributed by atoms with Crippen molar-refractivity contribution in [3.05, 3.63) is 29.3 Å². The number of methoxy groups -OCH3 is 1. The SMILES string of the molecule is COc1ccc(CN(CCC(=O)O)C(C)C)cc1C#N. The fraction of sp³-hybridized carbons (Fsp3) is 0.467. The summed E-state index contributed by atoms with van der Waals surface area (Å²) in [5, 5.41) is 17.8. The molecule has 0 unspecified atom stereocenters. The van der Waals surface area contributed by atoms with Crippen molar-refractivity contribution >= 4 is 5.97 Å². The molecule has 0 heterocycles. The van der Waals surface area contributed by atoms with Gasteiger partial charge in [0, 0.05) is 19.1 Å². The molecular weight excluding hydrogens is 256 g/mol. The standard InChI is InChI=1S/C15H20N2O3/c1-11(2)17(7-6-15(18)19)10-12-4-5-14(20-3)13(8-12)9-16/h4-5,8,11H,6-7,10H2,1-3H3,(H,18,19). The second-order valence-corrected chi connectivity index (χ2v) is 4.85. The van der Waals surface area contributed by atoms with E-state index in [1.807, 2.05) is 19.9 Å². The van der Waals surface area contributed by atoms with Crippen LogP contribution in [0.4, 0.5) is 0 Å². The molecule has 0 bridgehead atoms. The molecule has 1 N–H and O–H groups in total. The number of ether oxygens (including phenoxy) is 1. The molecule has 0 aromatic heterocycles. The summed E-state index contributed by atoms with van der Waals surface area (Å²) in [6, 6.07) is 7.79. The van der Waals surface area contributed by atoms with Crippen molar-refractivity contribution in [2.24, 2.45) is 0 Å². The van der Waals surface area contributed by atoms with Crippen molar-refractivity contribution in [3.8, 4) is 11.8 Å². The first kappa shape index (κ1) is 16.0. The highest BCUT2D eigenvalue weighted by Crippen LogP contribution is 2.20. The zero-order valence-corrected chi connectivity index (χ0v) is 12.1. The molecule has 0 aliphatic rings. The zero-order chi connectivity index (χ0) is 15.1. The lowest BCUT2D eigenvalue weighted by Crippen LogP contribution is -2.32. The molecule has 5 nitrogen and oxygen atoms in total. The first-order valence-electron chi connectivity index (χ1n) is 6.50. The van der Waals surface area contributed by atoms with E-state index in [4.69, 9.17) is 15.1 Å². The minimum Gasteiger partial charge on any atom is -0.495 e. The van der Waals surface area contributed by atoms with Gasteiger partial charge in [0.2, 0.25) is 0 Å². The van der Waals surface area contributed by atoms with E-state index in [0.29, 0.717) is 24.4 Å². The summed E-state index contributed by atoms with van der Waals surface area (Å²) in [4.78, 5) is 12.7. The van der Waals surface area contributed by atoms with Crippen LogP contribution < -0.4 is 4.74 Å². The van der Waals surface area contributed by atoms with Gasteiger partial charge in [-0.2, -0.15) is 5.26 Å². The summed E-state index contributed by atoms with van der Waals surface area (Å²) < 4.78 is 5.11. The van der Waals surface area contributed by atoms with Crippen molar-refractivity contribution in [1.82, 2.24) is 4.90 Å². The van der Waals surface area contributed by atoms with Gasteiger partial charge >= 0.3 is 5.97 Å². The van der Waals surface area contributed by atoms with Crippen LogP contribution in [0.3, 0.4) is 0 Å². The highest BCUT2D eigenvalue weighted by Gasteiger charge is 2.13. The lowest BCUT2D eigenvalue weighted by Gasteiger charge is -2.26. The van der Waals surface area contributed by atoms with Crippen LogP contribution in [0, 0.1) is 11.3 Å². The van der Waals surface area contributed by atoms with Gasteiger partial charge in [0.1, 0.15) is 11.8 Å². The maximum atomic E-state index is 10.7. The number of hydrogen-bond acceptors (Lipinski definition) is 4. The maximum Gasteiger partial charge on any atom is 0.304 e. The van der Waals surface area contributed by atoms with Crippen molar-refractivity contribution < 1.29 is 14.6 Å². The van der Waals surface area contributed by atoms with Crippen LogP contribution in [0.25, 0.3) is 0 Å². The third kappa shape index (κ3) is 4.56. The minimum atomic E-state index is -0.803. The van der Waals surface area contributed by atoms with E-state index >= 15 is 0 Å². The van der Waals surface area contributed by atoms with Gasteiger partial charge in [0.05, 0.1) is 19.1 Å². The molecule has 0 saturated carbocycles. The smallest absolute Gasteiger partial charge is 0.304 e. The Morgan fingerprint density at radius 1 is 1.50 bits per heavy atom. The normalized spacial score (nSPS) is 10.6. The van der Waals surface area contributed by atoms with Gasteiger partial charge in [-0.15, -0.1) is 0 Å². The van der Waals surface area contributed by atoms with Gasteiger partial charge in [-0.3, -0.25) is 9.69 Å². The molecule has 0 aliphatic carbocycles. The first-order valence-corrected chi connectivity index (χ1v) is 6.50. The average molecular weight is 276 g/mol. The van der Waals surface area contributed by atoms with Gasteiger partial charge < -0.3 is 9.84 Å². The molecule has 5 heteroatoms. The molecule has 0 atom stereocenters. The Kier molecular flexibility index (Phi) is 6.01. The van der Waals surface area contributed by atoms with Crippen LogP contribution >= 0.6 is 0 Å². The molecule has 1 aromatic rings. The van der Waals surface area contributed by atoms with Gasteiger partial charge in [-0.25, -0.2) is 0 Å². The summed E-state index contributed by atoms with van der Waals surface area (Å²) in [6.07, 6.45) is 0.111. The molecule has 0 radical (unpaired) electrons. The predicted octanol–water partition coefficient (Wildman–Crippen LogP) is 2.25. The third-order valence-corrected chi connectivity index (χ3v) is 3.11. The summed E-state index contributed by atoms with van der Waals surface area (Å²) in [7, 11) is 1.53. The van der Waals surface area contributed by atoms with Crippen LogP contribution in [0.15, 0.2) is 18.2 Å². The topological polar surface area (TPSA) is 73.6 Å². The molecule has 108 valence electrons. The van der Waals surface area contributed by atoms with Crippen molar-refractivity contribution in [2.75, 3.05) is 13.7 Å². The Hall–Kier alpha value is -2.06. The highest BCUT2D eigenvalue weighted by molar-refractivity contribution is 5.66. The van der Waals surface area contributed by atoms with Gasteiger partial charge in [-0.1, -0.05) is 6.07 Å². The number of benzene rings is 1. The highest BCUT2D eigenvalue weighted by atomic mass is 16.5. The number of carbonyl (C=O) groups is 1. The minimum absolute atomic E-state index is 0.111. The number of hydrogen-bond donors (Lipinski definition) is 1. The van der Waals surface area contributed by atoms with Crippen LogP contribution in [-0.2, 0) is 11.3 Å². The summed E-state index contributed by atoms with van der Waals surface area (Å²) >= 11 is 0. The van der Waals surface area contributed by atoms with Crippen LogP contribution in [-0.4, -0.2) is 35.7 Å². The molecule has 0 aliphatic heterocycles. The van der Waals surface area contributed by atoms with E-state index in [1.54, 1.807) is 12.1 Å². The molecule has 1 aromatic carbocycles. The van der Waals surface area contributed by atoms with E-state index in [9.17, 15) is 4.79 Å². The average Bonchev–Trinajstić information content (AvgIpc) is 2.42. The van der Waals surface area contributed by atoms with Gasteiger partial charge in [-0.05, 0) is 31.5 Å². The van der Waals surface area contributed by atoms with Crippen molar-refractivity contribution in [1.29, 1.82) is 5.26 Å². The van der Waals surface area contributed by atoms with E-state index in [1.165, 1.54) is 7.11 Å². The largest absolute Gasteiger partial charge is 0.495 e. The second-order valence-electron chi connectivity index (χ2n) is 4.85. The van der Waals surface area contributed by atoms with Gasteiger partial charge in [0.15, 0.2) is 0 Å². The number of rotatable bonds is 7. The van der Waals surface area contributed by atoms with Crippen molar-refractivity contribution in [3.63, 3.8) is 0 Å². The maximum absolute atomic E-state index is 10.7. The van der Waals surface area contributed by atoms with E-state index < -0.39 is 5.97 Å². The Bertz CT molecular complexity index is 506. The van der Waals surface area contributed by atoms with E-state index in [2.05, 4.69) is 11.0 Å². The number of carboxylic acids is 1. The summed E-state index contributed by atoms with van der Waals surface area (Å²) in [6.45, 7) is 5.15. The lowest BCUT2D eigenvalue weighted by atomic mass is 10.1. The molecule has 0 saturated heterocycles. The van der Waals surface area contributed by atoms with E-state index in [0.717, 1.165) is 5.56 Å².